The highest BCUT2D eigenvalue weighted by molar-refractivity contribution is 5.79. The third-order valence-corrected chi connectivity index (χ3v) is 6.31. The van der Waals surface area contributed by atoms with Gasteiger partial charge in [0.05, 0.1) is 6.42 Å². The van der Waals surface area contributed by atoms with Crippen LogP contribution < -0.4 is 0 Å². The highest BCUT2D eigenvalue weighted by atomic mass is 19.1. The lowest BCUT2D eigenvalue weighted by molar-refractivity contribution is -0.130. The molecule has 0 spiro atoms. The molecule has 2 aromatic carbocycles. The number of nitrogens with zero attached hydrogens (tertiary/aromatic N) is 3. The molecule has 4 nitrogen and oxygen atoms in total. The number of halogens is 1. The van der Waals surface area contributed by atoms with Crippen LogP contribution in [0.5, 0.6) is 0 Å². The quantitative estimate of drug-likeness (QED) is 0.753. The van der Waals surface area contributed by atoms with E-state index in [1.54, 1.807) is 6.07 Å². The monoisotopic (exact) mass is 395 g/mol. The maximum atomic E-state index is 13.5. The van der Waals surface area contributed by atoms with Crippen LogP contribution in [0.4, 0.5) is 4.39 Å². The lowest BCUT2D eigenvalue weighted by atomic mass is 9.80. The molecule has 29 heavy (non-hydrogen) atoms. The zero-order valence-electron chi connectivity index (χ0n) is 17.4. The molecular formula is C24H30FN3O. The van der Waals surface area contributed by atoms with Crippen LogP contribution in [0.1, 0.15) is 11.1 Å². The van der Waals surface area contributed by atoms with Gasteiger partial charge >= 0.3 is 0 Å². The first-order valence-electron chi connectivity index (χ1n) is 10.4. The Labute approximate surface area is 172 Å². The summed E-state index contributed by atoms with van der Waals surface area (Å²) in [5, 5.41) is 0. The average Bonchev–Trinajstić information content (AvgIpc) is 3.15. The summed E-state index contributed by atoms with van der Waals surface area (Å²) >= 11 is 0. The van der Waals surface area contributed by atoms with Gasteiger partial charge in [0.1, 0.15) is 5.82 Å². The number of benzene rings is 2. The number of fused-ring (bicyclic) bond motifs is 1. The fourth-order valence-corrected chi connectivity index (χ4v) is 5.23. The second-order valence-electron chi connectivity index (χ2n) is 9.03. The zero-order chi connectivity index (χ0) is 20.4. The van der Waals surface area contributed by atoms with Crippen LogP contribution in [0.15, 0.2) is 54.6 Å². The Morgan fingerprint density at radius 1 is 1.07 bits per heavy atom. The summed E-state index contributed by atoms with van der Waals surface area (Å²) in [4.78, 5) is 19.7. The first-order chi connectivity index (χ1) is 13.9. The van der Waals surface area contributed by atoms with Crippen LogP contribution in [0.3, 0.4) is 0 Å². The van der Waals surface area contributed by atoms with Crippen molar-refractivity contribution in [3.8, 4) is 0 Å². The summed E-state index contributed by atoms with van der Waals surface area (Å²) in [5.74, 6) is 0.303. The lowest BCUT2D eigenvalue weighted by Crippen LogP contribution is -2.43. The molecule has 0 radical (unpaired) electrons. The molecule has 5 heteroatoms. The van der Waals surface area contributed by atoms with E-state index in [4.69, 9.17) is 0 Å². The normalized spacial score (nSPS) is 24.3. The molecule has 0 bridgehead atoms. The topological polar surface area (TPSA) is 26.8 Å². The molecule has 2 saturated heterocycles. The fraction of sp³-hybridized carbons (Fsp3) is 0.458. The lowest BCUT2D eigenvalue weighted by Gasteiger charge is -2.32. The zero-order valence-corrected chi connectivity index (χ0v) is 17.4. The maximum Gasteiger partial charge on any atom is 0.227 e. The molecular weight excluding hydrogens is 365 g/mol. The molecule has 2 aliphatic heterocycles. The molecule has 2 aliphatic rings. The Hall–Kier alpha value is -2.24. The first-order valence-corrected chi connectivity index (χ1v) is 10.4. The van der Waals surface area contributed by atoms with E-state index >= 15 is 0 Å². The predicted molar refractivity (Wildman–Crippen MR) is 113 cm³/mol. The molecule has 2 heterocycles. The van der Waals surface area contributed by atoms with Crippen LogP contribution >= 0.6 is 0 Å². The molecule has 2 fully saturated rings. The Kier molecular flexibility index (Phi) is 5.70. The van der Waals surface area contributed by atoms with Gasteiger partial charge in [-0.1, -0.05) is 42.5 Å². The summed E-state index contributed by atoms with van der Waals surface area (Å²) < 4.78 is 13.5. The number of carbonyl (C=O) groups excluding carboxylic acids is 1. The van der Waals surface area contributed by atoms with Gasteiger partial charge in [-0.15, -0.1) is 0 Å². The minimum Gasteiger partial charge on any atom is -0.341 e. The van der Waals surface area contributed by atoms with E-state index < -0.39 is 0 Å². The first kappa shape index (κ1) is 20.0. The third-order valence-electron chi connectivity index (χ3n) is 6.31. The standard InChI is InChI=1S/C24H30FN3O/c1-26(2)16-24-17-27(13-19-7-4-3-5-8-19)14-21(24)15-28(18-24)23(29)12-20-9-6-10-22(25)11-20/h3-11,21H,12-18H2,1-2H3/t21-,24+/m1/s1. The minimum absolute atomic E-state index is 0.107. The number of amides is 1. The minimum atomic E-state index is -0.283. The van der Waals surface area contributed by atoms with Gasteiger partial charge in [-0.05, 0) is 43.3 Å². The van der Waals surface area contributed by atoms with E-state index in [1.807, 2.05) is 11.0 Å². The van der Waals surface area contributed by atoms with Crippen LogP contribution in [-0.4, -0.2) is 67.4 Å². The second kappa shape index (κ2) is 8.25. The largest absolute Gasteiger partial charge is 0.341 e. The summed E-state index contributed by atoms with van der Waals surface area (Å²) in [6.07, 6.45) is 0.274. The van der Waals surface area contributed by atoms with Gasteiger partial charge < -0.3 is 9.80 Å². The molecule has 4 rings (SSSR count). The Morgan fingerprint density at radius 3 is 2.55 bits per heavy atom. The summed E-state index contributed by atoms with van der Waals surface area (Å²) in [6, 6.07) is 17.0. The van der Waals surface area contributed by atoms with Gasteiger partial charge in [0.15, 0.2) is 0 Å². The van der Waals surface area contributed by atoms with Crippen LogP contribution in [0, 0.1) is 17.2 Å². The van der Waals surface area contributed by atoms with Crippen LogP contribution in [0.2, 0.25) is 0 Å². The average molecular weight is 396 g/mol. The summed E-state index contributed by atoms with van der Waals surface area (Å²) in [6.45, 7) is 5.56. The van der Waals surface area contributed by atoms with Crippen LogP contribution in [-0.2, 0) is 17.8 Å². The van der Waals surface area contributed by atoms with Crippen molar-refractivity contribution >= 4 is 5.91 Å². The maximum absolute atomic E-state index is 13.5. The van der Waals surface area contributed by atoms with E-state index in [9.17, 15) is 9.18 Å². The van der Waals surface area contributed by atoms with E-state index in [2.05, 4.69) is 54.2 Å². The molecule has 2 aromatic rings. The third kappa shape index (κ3) is 4.51. The van der Waals surface area contributed by atoms with Crippen molar-refractivity contribution in [2.45, 2.75) is 13.0 Å². The van der Waals surface area contributed by atoms with E-state index in [0.29, 0.717) is 5.92 Å². The van der Waals surface area contributed by atoms with Gasteiger partial charge in [0.2, 0.25) is 5.91 Å². The number of carbonyl (C=O) groups is 1. The van der Waals surface area contributed by atoms with Crippen molar-refractivity contribution in [1.82, 2.24) is 14.7 Å². The predicted octanol–water partition coefficient (Wildman–Crippen LogP) is 2.89. The van der Waals surface area contributed by atoms with Gasteiger partial charge in [-0.3, -0.25) is 9.69 Å². The highest BCUT2D eigenvalue weighted by Gasteiger charge is 2.53. The summed E-state index contributed by atoms with van der Waals surface area (Å²) in [5.41, 5.74) is 2.20. The molecule has 0 N–H and O–H groups in total. The molecule has 0 aromatic heterocycles. The SMILES string of the molecule is CN(C)C[C@@]12CN(Cc3ccccc3)C[C@@H]1CN(C(=O)Cc1cccc(F)c1)C2. The van der Waals surface area contributed by atoms with Gasteiger partial charge in [-0.2, -0.15) is 0 Å². The van der Waals surface area contributed by atoms with E-state index in [0.717, 1.165) is 44.8 Å². The molecule has 2 atom stereocenters. The second-order valence-corrected chi connectivity index (χ2v) is 9.03. The highest BCUT2D eigenvalue weighted by Crippen LogP contribution is 2.43. The molecule has 154 valence electrons. The van der Waals surface area contributed by atoms with Crippen molar-refractivity contribution < 1.29 is 9.18 Å². The van der Waals surface area contributed by atoms with Gasteiger partial charge in [-0.25, -0.2) is 4.39 Å². The smallest absolute Gasteiger partial charge is 0.227 e. The Morgan fingerprint density at radius 2 is 1.83 bits per heavy atom. The number of rotatable bonds is 6. The van der Waals surface area contributed by atoms with Crippen molar-refractivity contribution in [2.24, 2.45) is 11.3 Å². The van der Waals surface area contributed by atoms with E-state index in [-0.39, 0.29) is 23.6 Å². The van der Waals surface area contributed by atoms with Crippen molar-refractivity contribution in [3.63, 3.8) is 0 Å². The van der Waals surface area contributed by atoms with Gasteiger partial charge in [0.25, 0.3) is 0 Å². The molecule has 0 unspecified atom stereocenters. The Bertz CT molecular complexity index is 856. The fourth-order valence-electron chi connectivity index (χ4n) is 5.23. The Balaban J connectivity index is 1.44. The number of likely N-dealkylation sites (tertiary alicyclic amines) is 2. The van der Waals surface area contributed by atoms with Crippen LogP contribution in [0.25, 0.3) is 0 Å². The van der Waals surface area contributed by atoms with Crippen molar-refractivity contribution in [3.05, 3.63) is 71.5 Å². The van der Waals surface area contributed by atoms with Gasteiger partial charge in [0, 0.05) is 44.7 Å². The van der Waals surface area contributed by atoms with Crippen molar-refractivity contribution in [1.29, 1.82) is 0 Å². The molecule has 1 amide bonds. The molecule has 0 aliphatic carbocycles. The van der Waals surface area contributed by atoms with Crippen molar-refractivity contribution in [2.75, 3.05) is 46.8 Å². The summed E-state index contributed by atoms with van der Waals surface area (Å²) in [7, 11) is 4.23. The molecule has 0 saturated carbocycles. The number of hydrogen-bond acceptors (Lipinski definition) is 3. The number of hydrogen-bond donors (Lipinski definition) is 0. The van der Waals surface area contributed by atoms with E-state index in [1.165, 1.54) is 17.7 Å².